The Bertz CT molecular complexity index is 558. The highest BCUT2D eigenvalue weighted by Crippen LogP contribution is 2.03. The highest BCUT2D eigenvalue weighted by molar-refractivity contribution is 5.88. The number of carbonyl (C=O) groups excluding carboxylic acids is 2. The van der Waals surface area contributed by atoms with Gasteiger partial charge in [0.05, 0.1) is 5.56 Å². The maximum absolute atomic E-state index is 11.7. The van der Waals surface area contributed by atoms with Gasteiger partial charge in [-0.3, -0.25) is 4.98 Å². The lowest BCUT2D eigenvalue weighted by Gasteiger charge is -2.12. The number of hydrogen-bond acceptors (Lipinski definition) is 5. The first-order chi connectivity index (χ1) is 9.79. The maximum Gasteiger partial charge on any atom is 0.358 e. The lowest BCUT2D eigenvalue weighted by atomic mass is 10.1. The Labute approximate surface area is 116 Å². The van der Waals surface area contributed by atoms with E-state index >= 15 is 0 Å². The lowest BCUT2D eigenvalue weighted by molar-refractivity contribution is -0.112. The van der Waals surface area contributed by atoms with Gasteiger partial charge in [-0.05, 0) is 24.1 Å². The Morgan fingerprint density at radius 3 is 2.70 bits per heavy atom. The Balaban J connectivity index is 1.88. The van der Waals surface area contributed by atoms with Gasteiger partial charge >= 0.3 is 5.97 Å². The molecule has 5 nitrogen and oxygen atoms in total. The molecule has 20 heavy (non-hydrogen) atoms. The van der Waals surface area contributed by atoms with Crippen LogP contribution in [0.1, 0.15) is 15.9 Å². The van der Waals surface area contributed by atoms with E-state index in [1.165, 1.54) is 6.20 Å². The van der Waals surface area contributed by atoms with Gasteiger partial charge in [0.15, 0.2) is 0 Å². The summed E-state index contributed by atoms with van der Waals surface area (Å²) < 4.78 is 0. The molecule has 0 saturated heterocycles. The minimum atomic E-state index is -0.585. The number of hydrogen-bond donors (Lipinski definition) is 1. The first-order valence-electron chi connectivity index (χ1n) is 6.15. The molecule has 0 bridgehead atoms. The largest absolute Gasteiger partial charge is 0.366 e. The molecule has 0 fully saturated rings. The van der Waals surface area contributed by atoms with Crippen LogP contribution in [0.15, 0.2) is 54.9 Å². The van der Waals surface area contributed by atoms with E-state index < -0.39 is 12.0 Å². The average Bonchev–Trinajstić information content (AvgIpc) is 2.53. The molecule has 2 rings (SSSR count). The Kier molecular flexibility index (Phi) is 4.97. The first-order valence-corrected chi connectivity index (χ1v) is 6.15. The number of hydroxylamine groups is 1. The maximum atomic E-state index is 11.7. The Morgan fingerprint density at radius 2 is 2.05 bits per heavy atom. The summed E-state index contributed by atoms with van der Waals surface area (Å²) in [6.45, 7) is 0. The monoisotopic (exact) mass is 270 g/mol. The van der Waals surface area contributed by atoms with Gasteiger partial charge in [-0.25, -0.2) is 4.79 Å². The molecule has 0 saturated carbocycles. The normalized spacial score (nSPS) is 11.6. The highest BCUT2D eigenvalue weighted by atomic mass is 16.7. The second-order valence-corrected chi connectivity index (χ2v) is 4.18. The minimum Gasteiger partial charge on any atom is -0.366 e. The third kappa shape index (κ3) is 4.00. The van der Waals surface area contributed by atoms with E-state index in [0.29, 0.717) is 18.3 Å². The predicted molar refractivity (Wildman–Crippen MR) is 72.8 cm³/mol. The van der Waals surface area contributed by atoms with Crippen LogP contribution in [-0.4, -0.2) is 23.3 Å². The molecule has 0 spiro atoms. The fraction of sp³-hybridized carbons (Fsp3) is 0.133. The van der Waals surface area contributed by atoms with Crippen molar-refractivity contribution < 1.29 is 14.4 Å². The van der Waals surface area contributed by atoms with Gasteiger partial charge in [0.2, 0.25) is 0 Å². The average molecular weight is 270 g/mol. The van der Waals surface area contributed by atoms with E-state index in [2.05, 4.69) is 10.5 Å². The lowest BCUT2D eigenvalue weighted by Crippen LogP contribution is -2.34. The van der Waals surface area contributed by atoms with E-state index in [1.807, 2.05) is 30.3 Å². The summed E-state index contributed by atoms with van der Waals surface area (Å²) in [6.07, 6.45) is 4.12. The number of nitrogens with zero attached hydrogens (tertiary/aromatic N) is 1. The van der Waals surface area contributed by atoms with Crippen LogP contribution in [0, 0.1) is 0 Å². The number of carbonyl (C=O) groups is 2. The zero-order chi connectivity index (χ0) is 14.2. The number of nitrogens with one attached hydrogen (secondary N) is 1. The molecular weight excluding hydrogens is 256 g/mol. The van der Waals surface area contributed by atoms with Gasteiger partial charge in [-0.1, -0.05) is 30.3 Å². The molecule has 5 heteroatoms. The van der Waals surface area contributed by atoms with Gasteiger partial charge in [0.1, 0.15) is 12.3 Å². The van der Waals surface area contributed by atoms with Crippen molar-refractivity contribution in [3.05, 3.63) is 66.0 Å². The van der Waals surface area contributed by atoms with Crippen LogP contribution in [0.5, 0.6) is 0 Å². The zero-order valence-electron chi connectivity index (χ0n) is 10.7. The zero-order valence-corrected chi connectivity index (χ0v) is 10.7. The summed E-state index contributed by atoms with van der Waals surface area (Å²) in [5, 5.41) is 0. The Hall–Kier alpha value is -2.53. The molecule has 0 aliphatic rings. The number of aldehydes is 1. The topological polar surface area (TPSA) is 68.3 Å². The van der Waals surface area contributed by atoms with E-state index in [0.717, 1.165) is 5.56 Å². The van der Waals surface area contributed by atoms with E-state index in [-0.39, 0.29) is 0 Å². The van der Waals surface area contributed by atoms with E-state index in [1.54, 1.807) is 18.3 Å². The third-order valence-corrected chi connectivity index (χ3v) is 2.66. The summed E-state index contributed by atoms with van der Waals surface area (Å²) in [6, 6.07) is 12.1. The van der Waals surface area contributed by atoms with Crippen LogP contribution in [0.3, 0.4) is 0 Å². The molecule has 1 heterocycles. The van der Waals surface area contributed by atoms with Crippen molar-refractivity contribution in [3.63, 3.8) is 0 Å². The van der Waals surface area contributed by atoms with Crippen LogP contribution in [0.2, 0.25) is 0 Å². The molecule has 0 amide bonds. The fourth-order valence-electron chi connectivity index (χ4n) is 1.66. The van der Waals surface area contributed by atoms with Gasteiger partial charge in [0.25, 0.3) is 0 Å². The molecule has 1 aromatic heterocycles. The second kappa shape index (κ2) is 7.16. The van der Waals surface area contributed by atoms with Crippen LogP contribution in [0.4, 0.5) is 0 Å². The van der Waals surface area contributed by atoms with Gasteiger partial charge in [0, 0.05) is 12.4 Å². The van der Waals surface area contributed by atoms with Crippen LogP contribution >= 0.6 is 0 Å². The van der Waals surface area contributed by atoms with Crippen molar-refractivity contribution in [3.8, 4) is 0 Å². The molecular formula is C15H14N2O3. The number of rotatable bonds is 6. The molecule has 0 radical (unpaired) electrons. The smallest absolute Gasteiger partial charge is 0.358 e. The molecule has 0 aliphatic carbocycles. The van der Waals surface area contributed by atoms with E-state index in [4.69, 9.17) is 4.84 Å². The van der Waals surface area contributed by atoms with Gasteiger partial charge < -0.3 is 9.63 Å². The number of pyridine rings is 1. The molecule has 1 N–H and O–H groups in total. The quantitative estimate of drug-likeness (QED) is 0.637. The van der Waals surface area contributed by atoms with Gasteiger partial charge in [-0.2, -0.15) is 0 Å². The molecule has 0 aliphatic heterocycles. The molecule has 2 aromatic rings. The predicted octanol–water partition coefficient (Wildman–Crippen LogP) is 1.55. The summed E-state index contributed by atoms with van der Waals surface area (Å²) in [5.41, 5.74) is 3.78. The van der Waals surface area contributed by atoms with Crippen molar-refractivity contribution >= 4 is 12.3 Å². The van der Waals surface area contributed by atoms with Gasteiger partial charge in [-0.15, -0.1) is 5.48 Å². The summed E-state index contributed by atoms with van der Waals surface area (Å²) in [5.74, 6) is -0.571. The van der Waals surface area contributed by atoms with Crippen molar-refractivity contribution in [1.82, 2.24) is 10.5 Å². The molecule has 0 unspecified atom stereocenters. The summed E-state index contributed by atoms with van der Waals surface area (Å²) in [4.78, 5) is 31.4. The third-order valence-electron chi connectivity index (χ3n) is 2.66. The second-order valence-electron chi connectivity index (χ2n) is 4.18. The van der Waals surface area contributed by atoms with Crippen LogP contribution in [-0.2, 0) is 16.1 Å². The number of benzene rings is 1. The fourth-order valence-corrected chi connectivity index (χ4v) is 1.66. The molecule has 102 valence electrons. The number of aromatic nitrogens is 1. The van der Waals surface area contributed by atoms with Crippen molar-refractivity contribution in [1.29, 1.82) is 0 Å². The standard InChI is InChI=1S/C15H14N2O3/c18-11-14(9-12-5-2-1-3-6-12)17-20-15(19)13-7-4-8-16-10-13/h1-8,10-11,14,17H,9H2/t14-/m1/s1. The van der Waals surface area contributed by atoms with Crippen LogP contribution < -0.4 is 5.48 Å². The Morgan fingerprint density at radius 1 is 1.25 bits per heavy atom. The highest BCUT2D eigenvalue weighted by Gasteiger charge is 2.12. The molecule has 1 aromatic carbocycles. The van der Waals surface area contributed by atoms with Crippen molar-refractivity contribution in [2.45, 2.75) is 12.5 Å². The summed E-state index contributed by atoms with van der Waals surface area (Å²) >= 11 is 0. The minimum absolute atomic E-state index is 0.323. The van der Waals surface area contributed by atoms with Crippen molar-refractivity contribution in [2.75, 3.05) is 0 Å². The SMILES string of the molecule is O=C[C@@H](Cc1ccccc1)NOC(=O)c1cccnc1. The molecule has 1 atom stereocenters. The van der Waals surface area contributed by atoms with E-state index in [9.17, 15) is 9.59 Å². The van der Waals surface area contributed by atoms with Crippen molar-refractivity contribution in [2.24, 2.45) is 0 Å². The first kappa shape index (κ1) is 13.9. The summed E-state index contributed by atoms with van der Waals surface area (Å²) in [7, 11) is 0. The van der Waals surface area contributed by atoms with Crippen LogP contribution in [0.25, 0.3) is 0 Å².